The SMILES string of the molecule is CC[Si](CC)(CCCNCCC[Si](CC)(OC)OC)OC. The first-order valence-electron chi connectivity index (χ1n) is 8.43. The topological polar surface area (TPSA) is 39.7 Å². The first kappa shape index (κ1) is 21.3. The highest BCUT2D eigenvalue weighted by Gasteiger charge is 2.32. The fourth-order valence-electron chi connectivity index (χ4n) is 2.89. The Balaban J connectivity index is 3.78. The van der Waals surface area contributed by atoms with Crippen LogP contribution in [0.25, 0.3) is 0 Å². The van der Waals surface area contributed by atoms with Crippen LogP contribution in [-0.4, -0.2) is 51.3 Å². The molecule has 0 atom stereocenters. The third kappa shape index (κ3) is 7.39. The summed E-state index contributed by atoms with van der Waals surface area (Å²) in [5, 5.41) is 3.55. The summed E-state index contributed by atoms with van der Waals surface area (Å²) in [6.07, 6.45) is 2.36. The summed E-state index contributed by atoms with van der Waals surface area (Å²) in [5.74, 6) is 0. The molecule has 0 saturated heterocycles. The molecule has 0 heterocycles. The predicted molar refractivity (Wildman–Crippen MR) is 95.7 cm³/mol. The molecule has 6 heteroatoms. The molecule has 0 aliphatic carbocycles. The van der Waals surface area contributed by atoms with Crippen LogP contribution < -0.4 is 5.32 Å². The van der Waals surface area contributed by atoms with Crippen molar-refractivity contribution in [2.45, 2.75) is 63.8 Å². The zero-order chi connectivity index (χ0) is 16.2. The molecule has 0 radical (unpaired) electrons. The van der Waals surface area contributed by atoms with Gasteiger partial charge in [-0.1, -0.05) is 20.8 Å². The third-order valence-electron chi connectivity index (χ3n) is 4.90. The van der Waals surface area contributed by atoms with Gasteiger partial charge in [0.05, 0.1) is 0 Å². The molecule has 0 aromatic rings. The van der Waals surface area contributed by atoms with E-state index in [9.17, 15) is 0 Å². The Morgan fingerprint density at radius 3 is 1.62 bits per heavy atom. The molecule has 0 spiro atoms. The second-order valence-electron chi connectivity index (χ2n) is 5.72. The van der Waals surface area contributed by atoms with E-state index in [1.54, 1.807) is 14.2 Å². The lowest BCUT2D eigenvalue weighted by Crippen LogP contribution is -2.39. The van der Waals surface area contributed by atoms with E-state index in [0.717, 1.165) is 31.6 Å². The molecule has 0 aliphatic heterocycles. The second-order valence-corrected chi connectivity index (χ2v) is 14.3. The first-order valence-corrected chi connectivity index (χ1v) is 13.2. The molecule has 0 aromatic heterocycles. The van der Waals surface area contributed by atoms with Crippen LogP contribution in [-0.2, 0) is 13.3 Å². The summed E-state index contributed by atoms with van der Waals surface area (Å²) in [4.78, 5) is 0. The molecule has 0 aliphatic rings. The maximum Gasteiger partial charge on any atom is 0.337 e. The summed E-state index contributed by atoms with van der Waals surface area (Å²) in [7, 11) is 2.18. The van der Waals surface area contributed by atoms with Gasteiger partial charge >= 0.3 is 8.56 Å². The Kier molecular flexibility index (Phi) is 11.9. The molecule has 0 fully saturated rings. The standard InChI is InChI=1S/C15H37NO3Si2/c1-7-20(8-2,17-4)14-10-12-16-13-11-15-21(9-3,18-5)19-6/h16H,7-15H2,1-6H3. The summed E-state index contributed by atoms with van der Waals surface area (Å²) >= 11 is 0. The van der Waals surface area contributed by atoms with Crippen LogP contribution in [0, 0.1) is 0 Å². The normalized spacial score (nSPS) is 12.9. The molecule has 0 amide bonds. The predicted octanol–water partition coefficient (Wildman–Crippen LogP) is 3.74. The minimum Gasteiger partial charge on any atom is -0.420 e. The summed E-state index contributed by atoms with van der Waals surface area (Å²) in [5.41, 5.74) is 0. The van der Waals surface area contributed by atoms with E-state index in [1.165, 1.54) is 24.6 Å². The van der Waals surface area contributed by atoms with Crippen molar-refractivity contribution in [3.8, 4) is 0 Å². The van der Waals surface area contributed by atoms with Crippen LogP contribution in [0.15, 0.2) is 0 Å². The summed E-state index contributed by atoms with van der Waals surface area (Å²) in [6.45, 7) is 8.87. The Morgan fingerprint density at radius 1 is 0.714 bits per heavy atom. The van der Waals surface area contributed by atoms with E-state index in [2.05, 4.69) is 26.1 Å². The largest absolute Gasteiger partial charge is 0.420 e. The zero-order valence-electron chi connectivity index (χ0n) is 15.1. The number of nitrogens with one attached hydrogen (secondary N) is 1. The van der Waals surface area contributed by atoms with Gasteiger partial charge in [-0.05, 0) is 56.2 Å². The Morgan fingerprint density at radius 2 is 1.24 bits per heavy atom. The van der Waals surface area contributed by atoms with Crippen molar-refractivity contribution >= 4 is 16.9 Å². The smallest absolute Gasteiger partial charge is 0.337 e. The summed E-state index contributed by atoms with van der Waals surface area (Å²) in [6, 6.07) is 5.82. The highest BCUT2D eigenvalue weighted by atomic mass is 28.4. The molecule has 21 heavy (non-hydrogen) atoms. The zero-order valence-corrected chi connectivity index (χ0v) is 17.1. The first-order chi connectivity index (χ1) is 10.1. The minimum absolute atomic E-state index is 1.02. The average Bonchev–Trinajstić information content (AvgIpc) is 2.55. The van der Waals surface area contributed by atoms with Crippen molar-refractivity contribution in [1.82, 2.24) is 5.32 Å². The van der Waals surface area contributed by atoms with E-state index in [0.29, 0.717) is 0 Å². The fourth-order valence-corrected chi connectivity index (χ4v) is 7.92. The average molecular weight is 336 g/mol. The molecule has 0 bridgehead atoms. The van der Waals surface area contributed by atoms with Crippen molar-refractivity contribution in [2.75, 3.05) is 34.4 Å². The van der Waals surface area contributed by atoms with E-state index in [-0.39, 0.29) is 0 Å². The van der Waals surface area contributed by atoms with E-state index < -0.39 is 16.9 Å². The van der Waals surface area contributed by atoms with Crippen LogP contribution in [0.1, 0.15) is 33.6 Å². The van der Waals surface area contributed by atoms with Crippen molar-refractivity contribution in [3.63, 3.8) is 0 Å². The van der Waals surface area contributed by atoms with Crippen LogP contribution >= 0.6 is 0 Å². The molecule has 128 valence electrons. The maximum absolute atomic E-state index is 5.84. The summed E-state index contributed by atoms with van der Waals surface area (Å²) < 4.78 is 17.1. The highest BCUT2D eigenvalue weighted by Crippen LogP contribution is 2.22. The van der Waals surface area contributed by atoms with Crippen LogP contribution in [0.3, 0.4) is 0 Å². The Labute approximate surface area is 134 Å². The lowest BCUT2D eigenvalue weighted by molar-refractivity contribution is 0.241. The molecule has 0 unspecified atom stereocenters. The van der Waals surface area contributed by atoms with E-state index in [1.807, 2.05) is 7.11 Å². The molecule has 0 aromatic carbocycles. The van der Waals surface area contributed by atoms with Gasteiger partial charge < -0.3 is 18.6 Å². The molecule has 0 saturated carbocycles. The maximum atomic E-state index is 5.84. The van der Waals surface area contributed by atoms with Gasteiger partial charge in [0, 0.05) is 21.3 Å². The van der Waals surface area contributed by atoms with Gasteiger partial charge in [0.15, 0.2) is 8.32 Å². The monoisotopic (exact) mass is 335 g/mol. The Hall–Kier alpha value is 0.274. The quantitative estimate of drug-likeness (QED) is 0.388. The molecular formula is C15H37NO3Si2. The number of rotatable bonds is 14. The number of hydrogen-bond donors (Lipinski definition) is 1. The van der Waals surface area contributed by atoms with E-state index >= 15 is 0 Å². The van der Waals surface area contributed by atoms with Gasteiger partial charge in [-0.3, -0.25) is 0 Å². The lowest BCUT2D eigenvalue weighted by atomic mass is 10.4. The van der Waals surface area contributed by atoms with Gasteiger partial charge in [0.2, 0.25) is 0 Å². The van der Waals surface area contributed by atoms with Crippen molar-refractivity contribution in [2.24, 2.45) is 0 Å². The lowest BCUT2D eigenvalue weighted by Gasteiger charge is -2.27. The number of hydrogen-bond acceptors (Lipinski definition) is 4. The van der Waals surface area contributed by atoms with Gasteiger partial charge in [-0.25, -0.2) is 0 Å². The van der Waals surface area contributed by atoms with Crippen LogP contribution in [0.4, 0.5) is 0 Å². The van der Waals surface area contributed by atoms with Crippen LogP contribution in [0.2, 0.25) is 30.2 Å². The second kappa shape index (κ2) is 11.8. The van der Waals surface area contributed by atoms with Gasteiger partial charge in [-0.2, -0.15) is 0 Å². The van der Waals surface area contributed by atoms with Crippen molar-refractivity contribution in [3.05, 3.63) is 0 Å². The fraction of sp³-hybridized carbons (Fsp3) is 1.00. The molecular weight excluding hydrogens is 298 g/mol. The molecule has 4 nitrogen and oxygen atoms in total. The minimum atomic E-state index is -1.89. The van der Waals surface area contributed by atoms with Gasteiger partial charge in [0.1, 0.15) is 0 Å². The van der Waals surface area contributed by atoms with E-state index in [4.69, 9.17) is 13.3 Å². The van der Waals surface area contributed by atoms with Crippen molar-refractivity contribution < 1.29 is 13.3 Å². The highest BCUT2D eigenvalue weighted by molar-refractivity contribution is 6.73. The molecule has 0 rings (SSSR count). The van der Waals surface area contributed by atoms with Gasteiger partial charge in [-0.15, -0.1) is 0 Å². The molecule has 1 N–H and O–H groups in total. The third-order valence-corrected chi connectivity index (χ3v) is 13.3. The van der Waals surface area contributed by atoms with Crippen LogP contribution in [0.5, 0.6) is 0 Å². The van der Waals surface area contributed by atoms with Gasteiger partial charge in [0.25, 0.3) is 0 Å². The Bertz CT molecular complexity index is 207. The van der Waals surface area contributed by atoms with Crippen molar-refractivity contribution in [1.29, 1.82) is 0 Å².